The number of benzene rings is 3. The van der Waals surface area contributed by atoms with Gasteiger partial charge in [0.25, 0.3) is 11.7 Å². The summed E-state index contributed by atoms with van der Waals surface area (Å²) >= 11 is 0. The van der Waals surface area contributed by atoms with Gasteiger partial charge in [0, 0.05) is 36.1 Å². The van der Waals surface area contributed by atoms with Crippen LogP contribution in [-0.2, 0) is 9.59 Å². The van der Waals surface area contributed by atoms with E-state index in [1.807, 2.05) is 26.0 Å². The lowest BCUT2D eigenvalue weighted by molar-refractivity contribution is -0.132. The number of rotatable bonds is 7. The molecule has 1 fully saturated rings. The fourth-order valence-electron chi connectivity index (χ4n) is 4.92. The monoisotopic (exact) mass is 520 g/mol. The molecule has 1 aliphatic rings. The number of nitrogens with zero attached hydrogens (tertiary/aromatic N) is 2. The van der Waals surface area contributed by atoms with Crippen LogP contribution in [-0.4, -0.2) is 37.0 Å². The third kappa shape index (κ3) is 4.62. The van der Waals surface area contributed by atoms with Crippen molar-refractivity contribution in [1.82, 2.24) is 0 Å². The van der Waals surface area contributed by atoms with Crippen molar-refractivity contribution in [1.29, 1.82) is 0 Å². The van der Waals surface area contributed by atoms with Gasteiger partial charge in [-0.05, 0) is 80.8 Å². The van der Waals surface area contributed by atoms with Crippen molar-refractivity contribution in [3.8, 4) is 5.75 Å². The van der Waals surface area contributed by atoms with Crippen molar-refractivity contribution in [3.63, 3.8) is 0 Å². The van der Waals surface area contributed by atoms with Gasteiger partial charge in [-0.15, -0.1) is 0 Å². The van der Waals surface area contributed by atoms with Gasteiger partial charge in [-0.25, -0.2) is 8.78 Å². The Morgan fingerprint density at radius 3 is 2.18 bits per heavy atom. The molecule has 198 valence electrons. The molecule has 1 aliphatic heterocycles. The highest BCUT2D eigenvalue weighted by Gasteiger charge is 2.47. The van der Waals surface area contributed by atoms with E-state index in [-0.39, 0.29) is 17.0 Å². The zero-order valence-corrected chi connectivity index (χ0v) is 22.0. The summed E-state index contributed by atoms with van der Waals surface area (Å²) in [5, 5.41) is 11.5. The van der Waals surface area contributed by atoms with Gasteiger partial charge in [0.2, 0.25) is 0 Å². The van der Waals surface area contributed by atoms with Crippen molar-refractivity contribution in [2.24, 2.45) is 0 Å². The molecule has 38 heavy (non-hydrogen) atoms. The first kappa shape index (κ1) is 26.9. The van der Waals surface area contributed by atoms with E-state index in [1.165, 1.54) is 13.2 Å². The maximum absolute atomic E-state index is 14.2. The number of amides is 1. The highest BCUT2D eigenvalue weighted by atomic mass is 19.2. The van der Waals surface area contributed by atoms with Crippen LogP contribution in [0, 0.1) is 25.5 Å². The van der Waals surface area contributed by atoms with Gasteiger partial charge in [0.1, 0.15) is 11.5 Å². The molecule has 1 unspecified atom stereocenters. The summed E-state index contributed by atoms with van der Waals surface area (Å²) in [5.74, 6) is -3.83. The number of carbonyl (C=O) groups is 2. The molecule has 6 nitrogen and oxygen atoms in total. The van der Waals surface area contributed by atoms with Crippen LogP contribution in [0.3, 0.4) is 0 Å². The Hall–Kier alpha value is -4.20. The molecule has 3 aromatic carbocycles. The van der Waals surface area contributed by atoms with Crippen molar-refractivity contribution < 1.29 is 28.2 Å². The average molecular weight is 521 g/mol. The van der Waals surface area contributed by atoms with Gasteiger partial charge in [0.15, 0.2) is 11.6 Å². The first-order valence-corrected chi connectivity index (χ1v) is 12.4. The first-order chi connectivity index (χ1) is 18.1. The summed E-state index contributed by atoms with van der Waals surface area (Å²) in [7, 11) is 1.54. The molecule has 1 heterocycles. The van der Waals surface area contributed by atoms with E-state index in [0.29, 0.717) is 22.4 Å². The Morgan fingerprint density at radius 2 is 1.61 bits per heavy atom. The van der Waals surface area contributed by atoms with E-state index in [2.05, 4.69) is 4.90 Å². The first-order valence-electron chi connectivity index (χ1n) is 12.4. The number of ether oxygens (including phenoxy) is 1. The van der Waals surface area contributed by atoms with E-state index < -0.39 is 29.4 Å². The van der Waals surface area contributed by atoms with Crippen molar-refractivity contribution in [3.05, 3.63) is 94.1 Å². The van der Waals surface area contributed by atoms with Crippen LogP contribution in [0.4, 0.5) is 20.2 Å². The summed E-state index contributed by atoms with van der Waals surface area (Å²) < 4.78 is 33.3. The number of anilines is 2. The molecule has 0 bridgehead atoms. The molecule has 0 saturated carbocycles. The molecule has 8 heteroatoms. The number of carbonyl (C=O) groups excluding carboxylic acids is 2. The van der Waals surface area contributed by atoms with Crippen molar-refractivity contribution in [2.75, 3.05) is 30.0 Å². The highest BCUT2D eigenvalue weighted by Crippen LogP contribution is 2.43. The molecule has 1 N–H and O–H groups in total. The third-order valence-corrected chi connectivity index (χ3v) is 6.96. The summed E-state index contributed by atoms with van der Waals surface area (Å²) in [4.78, 5) is 30.0. The van der Waals surface area contributed by atoms with Crippen molar-refractivity contribution in [2.45, 2.75) is 33.7 Å². The summed E-state index contributed by atoms with van der Waals surface area (Å²) in [5.41, 5.74) is 3.10. The number of Topliss-reactive ketones (excluding diaryl/α,β-unsaturated/α-hetero) is 1. The van der Waals surface area contributed by atoms with Gasteiger partial charge in [0.05, 0.1) is 18.7 Å². The Bertz CT molecular complexity index is 1430. The second-order valence-electron chi connectivity index (χ2n) is 9.17. The van der Waals surface area contributed by atoms with Gasteiger partial charge < -0.3 is 14.7 Å². The Balaban J connectivity index is 1.95. The zero-order chi connectivity index (χ0) is 27.7. The normalized spacial score (nSPS) is 16.7. The topological polar surface area (TPSA) is 70.1 Å². The summed E-state index contributed by atoms with van der Waals surface area (Å²) in [6.07, 6.45) is 0. The molecule has 3 aromatic rings. The summed E-state index contributed by atoms with van der Waals surface area (Å²) in [6, 6.07) is 12.7. The summed E-state index contributed by atoms with van der Waals surface area (Å²) in [6.45, 7) is 9.22. The van der Waals surface area contributed by atoms with E-state index in [9.17, 15) is 23.5 Å². The van der Waals surface area contributed by atoms with E-state index in [0.717, 1.165) is 41.4 Å². The zero-order valence-electron chi connectivity index (χ0n) is 22.0. The SMILES string of the molecule is CCN(CC)c1ccc(C2/C(=C(\O)c3cc(C)c(OC)cc3C)C(=O)C(=O)N2c2ccc(F)c(F)c2)cc1. The quantitative estimate of drug-likeness (QED) is 0.233. The number of aliphatic hydroxyl groups is 1. The lowest BCUT2D eigenvalue weighted by Gasteiger charge is -2.27. The molecule has 1 atom stereocenters. The van der Waals surface area contributed by atoms with Crippen LogP contribution in [0.1, 0.15) is 42.1 Å². The Morgan fingerprint density at radius 1 is 0.947 bits per heavy atom. The predicted octanol–water partition coefficient (Wildman–Crippen LogP) is 6.06. The molecule has 4 rings (SSSR count). The van der Waals surface area contributed by atoms with Crippen molar-refractivity contribution >= 4 is 28.8 Å². The number of aliphatic hydroxyl groups excluding tert-OH is 1. The lowest BCUT2D eigenvalue weighted by Crippen LogP contribution is -2.29. The van der Waals surface area contributed by atoms with Crippen LogP contribution in [0.25, 0.3) is 5.76 Å². The average Bonchev–Trinajstić information content (AvgIpc) is 3.17. The Kier molecular flexibility index (Phi) is 7.53. The molecule has 0 aromatic heterocycles. The van der Waals surface area contributed by atoms with Gasteiger partial charge in [-0.1, -0.05) is 12.1 Å². The number of ketones is 1. The number of hydrogen-bond acceptors (Lipinski definition) is 5. The fraction of sp³-hybridized carbons (Fsp3) is 0.267. The van der Waals surface area contributed by atoms with Crippen LogP contribution in [0.15, 0.2) is 60.2 Å². The van der Waals surface area contributed by atoms with E-state index in [4.69, 9.17) is 4.74 Å². The minimum Gasteiger partial charge on any atom is -0.507 e. The van der Waals surface area contributed by atoms with Crippen LogP contribution >= 0.6 is 0 Å². The molecule has 1 saturated heterocycles. The fourth-order valence-corrected chi connectivity index (χ4v) is 4.92. The second kappa shape index (κ2) is 10.7. The predicted molar refractivity (Wildman–Crippen MR) is 144 cm³/mol. The maximum Gasteiger partial charge on any atom is 0.300 e. The largest absolute Gasteiger partial charge is 0.507 e. The number of hydrogen-bond donors (Lipinski definition) is 1. The number of halogens is 2. The molecule has 0 spiro atoms. The van der Waals surface area contributed by atoms with Gasteiger partial charge >= 0.3 is 0 Å². The standard InChI is InChI=1S/C30H30F2N2O4/c1-6-33(7-2)20-10-8-19(9-11-20)27-26(28(35)22-14-18(4)25(38-5)15-17(22)3)29(36)30(37)34(27)21-12-13-23(31)24(32)16-21/h8-16,27,35H,6-7H2,1-5H3/b28-26+. The minimum atomic E-state index is -1.15. The van der Waals surface area contributed by atoms with Crippen LogP contribution < -0.4 is 14.5 Å². The molecular formula is C30H30F2N2O4. The maximum atomic E-state index is 14.2. The molecule has 0 aliphatic carbocycles. The van der Waals surface area contributed by atoms with E-state index >= 15 is 0 Å². The van der Waals surface area contributed by atoms with Gasteiger partial charge in [-0.3, -0.25) is 14.5 Å². The second-order valence-corrected chi connectivity index (χ2v) is 9.17. The third-order valence-electron chi connectivity index (χ3n) is 6.96. The van der Waals surface area contributed by atoms with Crippen LogP contribution in [0.5, 0.6) is 5.75 Å². The smallest absolute Gasteiger partial charge is 0.300 e. The highest BCUT2D eigenvalue weighted by molar-refractivity contribution is 6.51. The lowest BCUT2D eigenvalue weighted by atomic mass is 9.92. The molecule has 1 amide bonds. The minimum absolute atomic E-state index is 0.00510. The number of aryl methyl sites for hydroxylation is 2. The molecular weight excluding hydrogens is 490 g/mol. The van der Waals surface area contributed by atoms with Gasteiger partial charge in [-0.2, -0.15) is 0 Å². The number of methoxy groups -OCH3 is 1. The Labute approximate surface area is 220 Å². The molecule has 0 radical (unpaired) electrons. The van der Waals surface area contributed by atoms with Crippen LogP contribution in [0.2, 0.25) is 0 Å². The van der Waals surface area contributed by atoms with E-state index in [1.54, 1.807) is 38.1 Å².